The number of anilines is 1. The second kappa shape index (κ2) is 8.60. The predicted molar refractivity (Wildman–Crippen MR) is 138 cm³/mol. The highest BCUT2D eigenvalue weighted by Gasteiger charge is 2.32. The third-order valence-electron chi connectivity index (χ3n) is 6.50. The standard InChI is InChI=1S/C27H28N4OS/c1-27(2,3)19-14-15-21-22(16-19)33-24-23(21)25(32)31(20-12-8-5-9-13-20)26(29-24)30-28-17-18-10-6-4-7-11-18/h4-13,17,19H,14-16H2,1-3H3,(H,29,30)/t19-/m0/s1. The van der Waals surface area contributed by atoms with Crippen LogP contribution in [0.15, 0.2) is 70.6 Å². The highest BCUT2D eigenvalue weighted by atomic mass is 32.1. The Morgan fingerprint density at radius 3 is 2.48 bits per heavy atom. The SMILES string of the molecule is CC(C)(C)[C@H]1CCc2c(sc3nc(NN=Cc4ccccc4)n(-c4ccccc4)c(=O)c23)C1. The van der Waals surface area contributed by atoms with Gasteiger partial charge < -0.3 is 0 Å². The molecule has 4 aromatic rings. The normalized spacial score (nSPS) is 16.3. The summed E-state index contributed by atoms with van der Waals surface area (Å²) in [7, 11) is 0. The van der Waals surface area contributed by atoms with E-state index in [1.807, 2.05) is 60.7 Å². The minimum atomic E-state index is -0.0321. The minimum Gasteiger partial charge on any atom is -0.268 e. The van der Waals surface area contributed by atoms with Crippen LogP contribution in [0.2, 0.25) is 0 Å². The molecule has 0 radical (unpaired) electrons. The van der Waals surface area contributed by atoms with Crippen LogP contribution in [0.25, 0.3) is 15.9 Å². The molecule has 6 heteroatoms. The summed E-state index contributed by atoms with van der Waals surface area (Å²) in [5.41, 5.74) is 6.20. The summed E-state index contributed by atoms with van der Waals surface area (Å²) in [6.07, 6.45) is 4.79. The Morgan fingerprint density at radius 2 is 1.79 bits per heavy atom. The van der Waals surface area contributed by atoms with Crippen LogP contribution in [0.4, 0.5) is 5.95 Å². The Labute approximate surface area is 197 Å². The van der Waals surface area contributed by atoms with Crippen molar-refractivity contribution in [2.45, 2.75) is 40.0 Å². The van der Waals surface area contributed by atoms with Gasteiger partial charge in [-0.05, 0) is 53.9 Å². The Morgan fingerprint density at radius 1 is 1.09 bits per heavy atom. The second-order valence-electron chi connectivity index (χ2n) is 9.68. The summed E-state index contributed by atoms with van der Waals surface area (Å²) >= 11 is 1.67. The first-order valence-corrected chi connectivity index (χ1v) is 12.2. The fourth-order valence-electron chi connectivity index (χ4n) is 4.56. The number of nitrogens with one attached hydrogen (secondary N) is 1. The largest absolute Gasteiger partial charge is 0.268 e. The van der Waals surface area contributed by atoms with E-state index in [4.69, 9.17) is 4.98 Å². The summed E-state index contributed by atoms with van der Waals surface area (Å²) in [6.45, 7) is 6.93. The molecule has 33 heavy (non-hydrogen) atoms. The molecule has 2 aromatic carbocycles. The fourth-order valence-corrected chi connectivity index (χ4v) is 5.85. The fraction of sp³-hybridized carbons (Fsp3) is 0.296. The van der Waals surface area contributed by atoms with Crippen LogP contribution >= 0.6 is 11.3 Å². The van der Waals surface area contributed by atoms with Gasteiger partial charge in [0, 0.05) is 4.88 Å². The molecule has 1 aliphatic rings. The molecule has 0 unspecified atom stereocenters. The number of benzene rings is 2. The Kier molecular flexibility index (Phi) is 5.62. The van der Waals surface area contributed by atoms with E-state index in [0.717, 1.165) is 40.7 Å². The van der Waals surface area contributed by atoms with Crippen LogP contribution in [0.5, 0.6) is 0 Å². The van der Waals surface area contributed by atoms with E-state index in [2.05, 4.69) is 31.3 Å². The lowest BCUT2D eigenvalue weighted by molar-refractivity contribution is 0.218. The van der Waals surface area contributed by atoms with Gasteiger partial charge in [0.05, 0.1) is 17.3 Å². The Bertz CT molecular complexity index is 1360. The van der Waals surface area contributed by atoms with Crippen molar-refractivity contribution in [1.82, 2.24) is 9.55 Å². The molecule has 168 valence electrons. The Balaban J connectivity index is 1.62. The summed E-state index contributed by atoms with van der Waals surface area (Å²) in [5.74, 6) is 1.04. The van der Waals surface area contributed by atoms with Gasteiger partial charge in [0.25, 0.3) is 5.56 Å². The van der Waals surface area contributed by atoms with E-state index in [1.54, 1.807) is 22.1 Å². The van der Waals surface area contributed by atoms with Gasteiger partial charge in [0.15, 0.2) is 0 Å². The molecule has 1 aliphatic carbocycles. The number of hydrogen-bond acceptors (Lipinski definition) is 5. The van der Waals surface area contributed by atoms with Crippen LogP contribution in [0, 0.1) is 11.3 Å². The van der Waals surface area contributed by atoms with E-state index in [-0.39, 0.29) is 11.0 Å². The average molecular weight is 457 g/mol. The van der Waals surface area contributed by atoms with Gasteiger partial charge in [-0.15, -0.1) is 11.3 Å². The summed E-state index contributed by atoms with van der Waals surface area (Å²) in [4.78, 5) is 20.8. The van der Waals surface area contributed by atoms with Gasteiger partial charge in [-0.2, -0.15) is 5.10 Å². The van der Waals surface area contributed by atoms with E-state index in [0.29, 0.717) is 11.9 Å². The van der Waals surface area contributed by atoms with Crippen LogP contribution in [0.3, 0.4) is 0 Å². The number of hydrazone groups is 1. The van der Waals surface area contributed by atoms with Gasteiger partial charge in [-0.1, -0.05) is 69.3 Å². The molecule has 2 heterocycles. The molecule has 5 nitrogen and oxygen atoms in total. The quantitative estimate of drug-likeness (QED) is 0.301. The number of aromatic nitrogens is 2. The first-order valence-electron chi connectivity index (χ1n) is 11.4. The van der Waals surface area contributed by atoms with Crippen molar-refractivity contribution >= 4 is 33.7 Å². The third-order valence-corrected chi connectivity index (χ3v) is 7.65. The van der Waals surface area contributed by atoms with Gasteiger partial charge >= 0.3 is 0 Å². The number of rotatable bonds is 4. The van der Waals surface area contributed by atoms with Gasteiger partial charge in [0.1, 0.15) is 4.83 Å². The minimum absolute atomic E-state index is 0.0321. The number of fused-ring (bicyclic) bond motifs is 3. The summed E-state index contributed by atoms with van der Waals surface area (Å²) < 4.78 is 1.65. The van der Waals surface area contributed by atoms with Crippen molar-refractivity contribution in [3.8, 4) is 5.69 Å². The topological polar surface area (TPSA) is 59.3 Å². The highest BCUT2D eigenvalue weighted by molar-refractivity contribution is 7.18. The lowest BCUT2D eigenvalue weighted by Crippen LogP contribution is -2.27. The lowest BCUT2D eigenvalue weighted by atomic mass is 9.72. The number of para-hydroxylation sites is 1. The predicted octanol–water partition coefficient (Wildman–Crippen LogP) is 6.04. The molecule has 0 aliphatic heterocycles. The van der Waals surface area contributed by atoms with Gasteiger partial charge in [-0.3, -0.25) is 4.79 Å². The average Bonchev–Trinajstić information content (AvgIpc) is 3.18. The monoisotopic (exact) mass is 456 g/mol. The Hall–Kier alpha value is -3.25. The van der Waals surface area contributed by atoms with Crippen molar-refractivity contribution < 1.29 is 0 Å². The van der Waals surface area contributed by atoms with Crippen molar-refractivity contribution in [3.05, 3.63) is 87.0 Å². The van der Waals surface area contributed by atoms with E-state index >= 15 is 0 Å². The van der Waals surface area contributed by atoms with Crippen LogP contribution in [-0.4, -0.2) is 15.8 Å². The number of nitrogens with zero attached hydrogens (tertiary/aromatic N) is 3. The zero-order valence-electron chi connectivity index (χ0n) is 19.2. The molecule has 0 fully saturated rings. The smallest absolute Gasteiger partial charge is 0.268 e. The van der Waals surface area contributed by atoms with Crippen molar-refractivity contribution in [3.63, 3.8) is 0 Å². The first-order chi connectivity index (χ1) is 15.9. The lowest BCUT2D eigenvalue weighted by Gasteiger charge is -2.33. The maximum absolute atomic E-state index is 13.8. The molecule has 1 N–H and O–H groups in total. The highest BCUT2D eigenvalue weighted by Crippen LogP contribution is 2.42. The van der Waals surface area contributed by atoms with E-state index in [1.165, 1.54) is 10.4 Å². The molecule has 2 aromatic heterocycles. The van der Waals surface area contributed by atoms with Crippen LogP contribution < -0.4 is 11.0 Å². The summed E-state index contributed by atoms with van der Waals surface area (Å²) in [6, 6.07) is 19.5. The van der Waals surface area contributed by atoms with E-state index in [9.17, 15) is 4.79 Å². The summed E-state index contributed by atoms with van der Waals surface area (Å²) in [5, 5.41) is 5.15. The maximum Gasteiger partial charge on any atom is 0.268 e. The molecule has 0 saturated heterocycles. The molecule has 1 atom stereocenters. The van der Waals surface area contributed by atoms with Crippen molar-refractivity contribution in [2.24, 2.45) is 16.4 Å². The molecule has 0 amide bonds. The van der Waals surface area contributed by atoms with E-state index < -0.39 is 0 Å². The zero-order valence-corrected chi connectivity index (χ0v) is 20.0. The third kappa shape index (κ3) is 4.23. The molecule has 0 spiro atoms. The first kappa shape index (κ1) is 21.6. The molecule has 0 bridgehead atoms. The van der Waals surface area contributed by atoms with Crippen LogP contribution in [0.1, 0.15) is 43.2 Å². The molecular formula is C27H28N4OS. The van der Waals surface area contributed by atoms with Gasteiger partial charge in [-0.25, -0.2) is 15.0 Å². The number of aryl methyl sites for hydroxylation is 1. The zero-order chi connectivity index (χ0) is 23.0. The maximum atomic E-state index is 13.8. The van der Waals surface area contributed by atoms with Crippen molar-refractivity contribution in [2.75, 3.05) is 5.43 Å². The second-order valence-corrected chi connectivity index (χ2v) is 10.8. The number of thiophene rings is 1. The van der Waals surface area contributed by atoms with Crippen molar-refractivity contribution in [1.29, 1.82) is 0 Å². The molecule has 5 rings (SSSR count). The molecular weight excluding hydrogens is 428 g/mol. The van der Waals surface area contributed by atoms with Crippen LogP contribution in [-0.2, 0) is 12.8 Å². The number of hydrogen-bond donors (Lipinski definition) is 1. The molecule has 0 saturated carbocycles. The van der Waals surface area contributed by atoms with Gasteiger partial charge in [0.2, 0.25) is 5.95 Å².